The molecular weight excluding hydrogens is 258 g/mol. The predicted molar refractivity (Wildman–Crippen MR) is 90.5 cm³/mol. The zero-order valence-corrected chi connectivity index (χ0v) is 15.0. The molecule has 1 aliphatic carbocycles. The van der Waals surface area contributed by atoms with E-state index in [0.717, 1.165) is 30.8 Å². The van der Waals surface area contributed by atoms with Crippen LogP contribution in [0.15, 0.2) is 0 Å². The molecule has 0 bridgehead atoms. The van der Waals surface area contributed by atoms with Gasteiger partial charge in [-0.15, -0.1) is 0 Å². The van der Waals surface area contributed by atoms with Crippen LogP contribution in [0.25, 0.3) is 0 Å². The summed E-state index contributed by atoms with van der Waals surface area (Å²) in [6.45, 7) is 14.1. The highest BCUT2D eigenvalue weighted by Gasteiger charge is 2.38. The van der Waals surface area contributed by atoms with Crippen molar-refractivity contribution in [2.24, 2.45) is 23.7 Å². The number of hydrogen-bond donors (Lipinski definition) is 1. The van der Waals surface area contributed by atoms with Crippen molar-refractivity contribution < 1.29 is 4.74 Å². The van der Waals surface area contributed by atoms with Crippen LogP contribution in [0.1, 0.15) is 73.1 Å². The Balaban J connectivity index is 1.81. The van der Waals surface area contributed by atoms with Crippen molar-refractivity contribution in [3.63, 3.8) is 0 Å². The molecule has 21 heavy (non-hydrogen) atoms. The van der Waals surface area contributed by atoms with Crippen molar-refractivity contribution in [1.29, 1.82) is 0 Å². The Kier molecular flexibility index (Phi) is 6.14. The minimum atomic E-state index is 0.0388. The molecule has 2 fully saturated rings. The van der Waals surface area contributed by atoms with Gasteiger partial charge in [-0.3, -0.25) is 0 Å². The second-order valence-electron chi connectivity index (χ2n) is 8.57. The quantitative estimate of drug-likeness (QED) is 0.798. The van der Waals surface area contributed by atoms with Gasteiger partial charge in [0, 0.05) is 0 Å². The van der Waals surface area contributed by atoms with Gasteiger partial charge in [0.25, 0.3) is 0 Å². The number of rotatable bonds is 5. The van der Waals surface area contributed by atoms with Gasteiger partial charge in [-0.25, -0.2) is 0 Å². The average Bonchev–Trinajstić information content (AvgIpc) is 2.40. The molecule has 1 saturated carbocycles. The van der Waals surface area contributed by atoms with E-state index in [1.54, 1.807) is 0 Å². The first-order valence-electron chi connectivity index (χ1n) is 9.27. The van der Waals surface area contributed by atoms with Crippen molar-refractivity contribution in [2.45, 2.75) is 84.8 Å². The van der Waals surface area contributed by atoms with Crippen LogP contribution >= 0.6 is 0 Å². The molecule has 1 N–H and O–H groups in total. The van der Waals surface area contributed by atoms with Crippen LogP contribution in [-0.4, -0.2) is 24.8 Å². The van der Waals surface area contributed by atoms with E-state index >= 15 is 0 Å². The highest BCUT2D eigenvalue weighted by molar-refractivity contribution is 4.89. The van der Waals surface area contributed by atoms with Crippen LogP contribution < -0.4 is 5.32 Å². The molecule has 2 aliphatic rings. The minimum Gasteiger partial charge on any atom is -0.372 e. The number of piperidine rings is 1. The van der Waals surface area contributed by atoms with E-state index in [-0.39, 0.29) is 5.60 Å². The maximum absolute atomic E-state index is 6.61. The van der Waals surface area contributed by atoms with Crippen molar-refractivity contribution >= 4 is 0 Å². The van der Waals surface area contributed by atoms with Crippen LogP contribution in [-0.2, 0) is 4.74 Å². The van der Waals surface area contributed by atoms with E-state index in [1.165, 1.54) is 38.5 Å². The third-order valence-electron chi connectivity index (χ3n) is 5.75. The van der Waals surface area contributed by atoms with Crippen molar-refractivity contribution in [1.82, 2.24) is 5.32 Å². The highest BCUT2D eigenvalue weighted by Crippen LogP contribution is 2.37. The largest absolute Gasteiger partial charge is 0.372 e. The molecule has 1 heterocycles. The minimum absolute atomic E-state index is 0.0388. The summed E-state index contributed by atoms with van der Waals surface area (Å²) in [6, 6.07) is 0. The summed E-state index contributed by atoms with van der Waals surface area (Å²) in [5.74, 6) is 3.23. The summed E-state index contributed by atoms with van der Waals surface area (Å²) in [4.78, 5) is 0. The van der Waals surface area contributed by atoms with Gasteiger partial charge >= 0.3 is 0 Å². The van der Waals surface area contributed by atoms with Gasteiger partial charge in [0.1, 0.15) is 0 Å². The maximum Gasteiger partial charge on any atom is 0.0661 e. The molecule has 2 rings (SSSR count). The fourth-order valence-electron chi connectivity index (χ4n) is 4.72. The third-order valence-corrected chi connectivity index (χ3v) is 5.75. The molecule has 2 heteroatoms. The molecule has 1 aliphatic heterocycles. The average molecular weight is 296 g/mol. The fraction of sp³-hybridized carbons (Fsp3) is 1.00. The molecule has 0 aromatic heterocycles. The molecule has 124 valence electrons. The molecule has 2 nitrogen and oxygen atoms in total. The zero-order valence-electron chi connectivity index (χ0n) is 15.0. The van der Waals surface area contributed by atoms with E-state index in [0.29, 0.717) is 12.0 Å². The first-order chi connectivity index (χ1) is 9.88. The van der Waals surface area contributed by atoms with Gasteiger partial charge in [-0.1, -0.05) is 20.8 Å². The Morgan fingerprint density at radius 1 is 1.10 bits per heavy atom. The molecule has 1 saturated heterocycles. The molecule has 2 unspecified atom stereocenters. The molecule has 0 radical (unpaired) electrons. The summed E-state index contributed by atoms with van der Waals surface area (Å²) in [7, 11) is 0. The monoisotopic (exact) mass is 295 g/mol. The maximum atomic E-state index is 6.61. The predicted octanol–water partition coefficient (Wildman–Crippen LogP) is 4.63. The molecule has 0 amide bonds. The second-order valence-corrected chi connectivity index (χ2v) is 8.57. The van der Waals surface area contributed by atoms with E-state index in [1.807, 2.05) is 0 Å². The summed E-state index contributed by atoms with van der Waals surface area (Å²) in [6.07, 6.45) is 8.48. The first-order valence-corrected chi connectivity index (χ1v) is 9.27. The van der Waals surface area contributed by atoms with Crippen LogP contribution in [0.2, 0.25) is 0 Å². The lowest BCUT2D eigenvalue weighted by molar-refractivity contribution is -0.134. The lowest BCUT2D eigenvalue weighted by Crippen LogP contribution is -2.48. The van der Waals surface area contributed by atoms with Gasteiger partial charge < -0.3 is 10.1 Å². The van der Waals surface area contributed by atoms with Gasteiger partial charge in [-0.2, -0.15) is 0 Å². The second kappa shape index (κ2) is 7.46. The topological polar surface area (TPSA) is 21.3 Å². The van der Waals surface area contributed by atoms with E-state index in [9.17, 15) is 0 Å². The van der Waals surface area contributed by atoms with E-state index < -0.39 is 0 Å². The SMILES string of the molecule is CC(C)CC1CCC(OC(C)(C)C2CCNCC2C)CC1. The van der Waals surface area contributed by atoms with Gasteiger partial charge in [0.05, 0.1) is 11.7 Å². The summed E-state index contributed by atoms with van der Waals surface area (Å²) >= 11 is 0. The fourth-order valence-corrected chi connectivity index (χ4v) is 4.72. The number of ether oxygens (including phenoxy) is 1. The molecule has 2 atom stereocenters. The van der Waals surface area contributed by atoms with Crippen molar-refractivity contribution in [3.8, 4) is 0 Å². The number of nitrogens with one attached hydrogen (secondary N) is 1. The standard InChI is InChI=1S/C19H37NO/c1-14(2)12-16-6-8-17(9-7-16)21-19(4,5)18-10-11-20-13-15(18)3/h14-18,20H,6-13H2,1-5H3. The Morgan fingerprint density at radius 3 is 2.33 bits per heavy atom. The van der Waals surface area contributed by atoms with Crippen molar-refractivity contribution in [2.75, 3.05) is 13.1 Å². The Labute approximate surface area is 132 Å². The zero-order chi connectivity index (χ0) is 15.5. The normalized spacial score (nSPS) is 35.1. The Hall–Kier alpha value is -0.0800. The highest BCUT2D eigenvalue weighted by atomic mass is 16.5. The first kappa shape index (κ1) is 17.3. The lowest BCUT2D eigenvalue weighted by atomic mass is 9.76. The summed E-state index contributed by atoms with van der Waals surface area (Å²) in [5, 5.41) is 3.51. The van der Waals surface area contributed by atoms with Crippen LogP contribution in [0.4, 0.5) is 0 Å². The van der Waals surface area contributed by atoms with Crippen LogP contribution in [0.5, 0.6) is 0 Å². The Bertz CT molecular complexity index is 305. The number of hydrogen-bond acceptors (Lipinski definition) is 2. The molecular formula is C19H37NO. The molecule has 0 spiro atoms. The smallest absolute Gasteiger partial charge is 0.0661 e. The molecule has 0 aromatic carbocycles. The summed E-state index contributed by atoms with van der Waals surface area (Å²) in [5.41, 5.74) is 0.0388. The van der Waals surface area contributed by atoms with E-state index in [2.05, 4.69) is 39.9 Å². The molecule has 0 aromatic rings. The summed E-state index contributed by atoms with van der Waals surface area (Å²) < 4.78 is 6.61. The van der Waals surface area contributed by atoms with Gasteiger partial charge in [-0.05, 0) is 89.1 Å². The van der Waals surface area contributed by atoms with Gasteiger partial charge in [0.2, 0.25) is 0 Å². The van der Waals surface area contributed by atoms with E-state index in [4.69, 9.17) is 4.74 Å². The Morgan fingerprint density at radius 2 is 1.76 bits per heavy atom. The van der Waals surface area contributed by atoms with Crippen molar-refractivity contribution in [3.05, 3.63) is 0 Å². The lowest BCUT2D eigenvalue weighted by Gasteiger charge is -2.44. The van der Waals surface area contributed by atoms with Crippen LogP contribution in [0, 0.1) is 23.7 Å². The third kappa shape index (κ3) is 4.96. The van der Waals surface area contributed by atoms with Gasteiger partial charge in [0.15, 0.2) is 0 Å². The van der Waals surface area contributed by atoms with Crippen LogP contribution in [0.3, 0.4) is 0 Å².